The van der Waals surface area contributed by atoms with Crippen LogP contribution < -0.4 is 5.32 Å². The van der Waals surface area contributed by atoms with Crippen molar-refractivity contribution in [3.63, 3.8) is 0 Å². The van der Waals surface area contributed by atoms with Crippen LogP contribution in [-0.4, -0.2) is 33.4 Å². The molecule has 2 aliphatic heterocycles. The van der Waals surface area contributed by atoms with Crippen LogP contribution in [0.3, 0.4) is 0 Å². The highest BCUT2D eigenvalue weighted by molar-refractivity contribution is 7.99. The van der Waals surface area contributed by atoms with E-state index in [-0.39, 0.29) is 0 Å². The van der Waals surface area contributed by atoms with Crippen molar-refractivity contribution in [2.45, 2.75) is 30.6 Å². The number of pyridine rings is 1. The van der Waals surface area contributed by atoms with Gasteiger partial charge in [0, 0.05) is 18.7 Å². The lowest BCUT2D eigenvalue weighted by Crippen LogP contribution is -2.14. The van der Waals surface area contributed by atoms with E-state index in [1.54, 1.807) is 0 Å². The molecule has 100 valence electrons. The van der Waals surface area contributed by atoms with Gasteiger partial charge in [0.15, 0.2) is 5.65 Å². The Morgan fingerprint density at radius 2 is 2.37 bits per heavy atom. The van der Waals surface area contributed by atoms with E-state index in [9.17, 15) is 0 Å². The Balaban J connectivity index is 1.87. The fourth-order valence-electron chi connectivity index (χ4n) is 3.16. The molecule has 2 saturated heterocycles. The zero-order valence-corrected chi connectivity index (χ0v) is 11.7. The molecule has 2 unspecified atom stereocenters. The van der Waals surface area contributed by atoms with Gasteiger partial charge in [0.25, 0.3) is 0 Å². The van der Waals surface area contributed by atoms with Crippen molar-refractivity contribution in [3.8, 4) is 0 Å². The van der Waals surface area contributed by atoms with E-state index in [0.717, 1.165) is 24.3 Å². The van der Waals surface area contributed by atoms with Crippen LogP contribution in [0.1, 0.15) is 36.4 Å². The number of hydrogen-bond donors (Lipinski definition) is 1. The molecule has 2 aromatic rings. The third kappa shape index (κ3) is 1.96. The summed E-state index contributed by atoms with van der Waals surface area (Å²) in [7, 11) is 0. The van der Waals surface area contributed by atoms with E-state index >= 15 is 0 Å². The molecule has 19 heavy (non-hydrogen) atoms. The average Bonchev–Trinajstić information content (AvgIpc) is 3.17. The average molecular weight is 274 g/mol. The van der Waals surface area contributed by atoms with Crippen LogP contribution >= 0.6 is 11.8 Å². The monoisotopic (exact) mass is 274 g/mol. The zero-order chi connectivity index (χ0) is 12.7. The third-order valence-electron chi connectivity index (χ3n) is 4.10. The summed E-state index contributed by atoms with van der Waals surface area (Å²) in [5.74, 6) is 3.06. The summed E-state index contributed by atoms with van der Waals surface area (Å²) < 4.78 is 2.42. The van der Waals surface area contributed by atoms with Crippen molar-refractivity contribution in [1.82, 2.24) is 19.9 Å². The number of nitrogens with zero attached hydrogens (tertiary/aromatic N) is 3. The Bertz CT molecular complexity index is 582. The summed E-state index contributed by atoms with van der Waals surface area (Å²) >= 11 is 2.05. The van der Waals surface area contributed by atoms with Crippen LogP contribution in [0.15, 0.2) is 18.3 Å². The first-order valence-electron chi connectivity index (χ1n) is 7.08. The smallest absolute Gasteiger partial charge is 0.160 e. The molecule has 0 bridgehead atoms. The largest absolute Gasteiger partial charge is 0.316 e. The Morgan fingerprint density at radius 1 is 1.37 bits per heavy atom. The molecule has 0 radical (unpaired) electrons. The van der Waals surface area contributed by atoms with Crippen LogP contribution in [0.25, 0.3) is 11.2 Å². The Hall–Kier alpha value is -1.07. The molecule has 2 fully saturated rings. The molecular weight excluding hydrogens is 256 g/mol. The van der Waals surface area contributed by atoms with Gasteiger partial charge in [-0.05, 0) is 43.7 Å². The third-order valence-corrected chi connectivity index (χ3v) is 5.45. The fraction of sp³-hybridized carbons (Fsp3) is 0.571. The molecule has 0 aromatic carbocycles. The maximum absolute atomic E-state index is 4.89. The summed E-state index contributed by atoms with van der Waals surface area (Å²) in [6.45, 7) is 2.17. The highest BCUT2D eigenvalue weighted by Gasteiger charge is 2.29. The minimum absolute atomic E-state index is 0.537. The van der Waals surface area contributed by atoms with E-state index in [1.807, 2.05) is 12.3 Å². The van der Waals surface area contributed by atoms with Gasteiger partial charge in [0.2, 0.25) is 0 Å². The maximum atomic E-state index is 4.89. The molecule has 2 aromatic heterocycles. The van der Waals surface area contributed by atoms with E-state index < -0.39 is 0 Å². The molecular formula is C14H18N4S. The summed E-state index contributed by atoms with van der Waals surface area (Å²) in [6, 6.07) is 4.07. The summed E-state index contributed by atoms with van der Waals surface area (Å²) in [4.78, 5) is 9.47. The number of rotatable bonds is 2. The number of nitrogens with one attached hydrogen (secondary N) is 1. The van der Waals surface area contributed by atoms with Crippen LogP contribution in [0.2, 0.25) is 0 Å². The van der Waals surface area contributed by atoms with Crippen molar-refractivity contribution >= 4 is 22.9 Å². The van der Waals surface area contributed by atoms with E-state index in [0.29, 0.717) is 11.3 Å². The molecule has 4 rings (SSSR count). The van der Waals surface area contributed by atoms with Gasteiger partial charge in [0.1, 0.15) is 11.3 Å². The van der Waals surface area contributed by atoms with Crippen LogP contribution in [0.5, 0.6) is 0 Å². The Labute approximate surface area is 117 Å². The second kappa shape index (κ2) is 4.80. The molecule has 4 heterocycles. The predicted octanol–water partition coefficient (Wildman–Crippen LogP) is 2.53. The molecule has 1 N–H and O–H groups in total. The highest BCUT2D eigenvalue weighted by atomic mass is 32.2. The molecule has 0 aliphatic carbocycles. The van der Waals surface area contributed by atoms with E-state index in [1.165, 1.54) is 30.8 Å². The summed E-state index contributed by atoms with van der Waals surface area (Å²) in [5, 5.41) is 3.99. The van der Waals surface area contributed by atoms with E-state index in [4.69, 9.17) is 4.98 Å². The molecule has 0 amide bonds. The molecule has 5 heteroatoms. The first kappa shape index (κ1) is 11.7. The standard InChI is InChI=1S/C14H18N4S/c1-3-11-14(16-6-1)18(12-4-2-8-19-12)13(17-11)10-5-7-15-9-10/h1,3,6,10,12,15H,2,4-5,7-9H2. The summed E-state index contributed by atoms with van der Waals surface area (Å²) in [6.07, 6.45) is 5.64. The van der Waals surface area contributed by atoms with Crippen molar-refractivity contribution in [2.24, 2.45) is 0 Å². The number of thioether (sulfide) groups is 1. The summed E-state index contributed by atoms with van der Waals surface area (Å²) in [5.41, 5.74) is 2.13. The quantitative estimate of drug-likeness (QED) is 0.914. The number of aromatic nitrogens is 3. The predicted molar refractivity (Wildman–Crippen MR) is 78.5 cm³/mol. The molecule has 0 saturated carbocycles. The second-order valence-corrected chi connectivity index (χ2v) is 6.63. The van der Waals surface area contributed by atoms with Gasteiger partial charge in [-0.3, -0.25) is 4.57 Å². The van der Waals surface area contributed by atoms with E-state index in [2.05, 4.69) is 32.7 Å². The molecule has 4 nitrogen and oxygen atoms in total. The minimum atomic E-state index is 0.537. The van der Waals surface area contributed by atoms with Gasteiger partial charge in [-0.15, -0.1) is 11.8 Å². The second-order valence-electron chi connectivity index (χ2n) is 5.34. The van der Waals surface area contributed by atoms with Gasteiger partial charge in [-0.1, -0.05) is 0 Å². The number of hydrogen-bond acceptors (Lipinski definition) is 4. The van der Waals surface area contributed by atoms with Gasteiger partial charge >= 0.3 is 0 Å². The van der Waals surface area contributed by atoms with Gasteiger partial charge < -0.3 is 5.32 Å². The van der Waals surface area contributed by atoms with Crippen LogP contribution in [0, 0.1) is 0 Å². The van der Waals surface area contributed by atoms with Crippen molar-refractivity contribution in [2.75, 3.05) is 18.8 Å². The number of fused-ring (bicyclic) bond motifs is 1. The molecule has 0 spiro atoms. The zero-order valence-electron chi connectivity index (χ0n) is 10.9. The minimum Gasteiger partial charge on any atom is -0.316 e. The van der Waals surface area contributed by atoms with Gasteiger partial charge in [-0.2, -0.15) is 0 Å². The lowest BCUT2D eigenvalue weighted by molar-refractivity contribution is 0.581. The fourth-order valence-corrected chi connectivity index (χ4v) is 4.45. The van der Waals surface area contributed by atoms with Gasteiger partial charge in [0.05, 0.1) is 5.37 Å². The lowest BCUT2D eigenvalue weighted by atomic mass is 10.1. The Morgan fingerprint density at radius 3 is 3.16 bits per heavy atom. The molecule has 2 aliphatic rings. The SMILES string of the molecule is c1cnc2c(c1)nc(C1CCNC1)n2C1CCCS1. The van der Waals surface area contributed by atoms with Crippen LogP contribution in [0.4, 0.5) is 0 Å². The normalized spacial score (nSPS) is 27.4. The highest BCUT2D eigenvalue weighted by Crippen LogP contribution is 2.40. The van der Waals surface area contributed by atoms with Crippen LogP contribution in [-0.2, 0) is 0 Å². The van der Waals surface area contributed by atoms with Crippen molar-refractivity contribution in [3.05, 3.63) is 24.2 Å². The first-order chi connectivity index (χ1) is 9.43. The molecule has 2 atom stereocenters. The topological polar surface area (TPSA) is 42.7 Å². The number of imidazole rings is 1. The van der Waals surface area contributed by atoms with Gasteiger partial charge in [-0.25, -0.2) is 9.97 Å². The first-order valence-corrected chi connectivity index (χ1v) is 8.13. The van der Waals surface area contributed by atoms with Crippen molar-refractivity contribution in [1.29, 1.82) is 0 Å². The Kier molecular flexibility index (Phi) is 2.96. The van der Waals surface area contributed by atoms with Crippen molar-refractivity contribution < 1.29 is 0 Å². The lowest BCUT2D eigenvalue weighted by Gasteiger charge is -2.17. The maximum Gasteiger partial charge on any atom is 0.160 e.